The first-order chi connectivity index (χ1) is 7.65. The van der Waals surface area contributed by atoms with Crippen LogP contribution in [0.1, 0.15) is 46.0 Å². The fourth-order valence-electron chi connectivity index (χ4n) is 2.49. The van der Waals surface area contributed by atoms with Gasteiger partial charge in [0, 0.05) is 5.92 Å². The van der Waals surface area contributed by atoms with Crippen LogP contribution in [-0.4, -0.2) is 12.1 Å². The van der Waals surface area contributed by atoms with Gasteiger partial charge in [0.25, 0.3) is 0 Å². The molecule has 1 heterocycles. The molecular weight excluding hydrogens is 200 g/mol. The molecule has 1 saturated heterocycles. The molecule has 0 N–H and O–H groups in total. The zero-order valence-electron chi connectivity index (χ0n) is 10.2. The molecule has 1 fully saturated rings. The van der Waals surface area contributed by atoms with Gasteiger partial charge in [0.05, 0.1) is 6.42 Å². The van der Waals surface area contributed by atoms with Crippen molar-refractivity contribution in [3.63, 3.8) is 0 Å². The molecule has 0 amide bonds. The van der Waals surface area contributed by atoms with Crippen molar-refractivity contribution in [2.75, 3.05) is 0 Å². The predicted molar refractivity (Wildman–Crippen MR) is 64.0 cm³/mol. The Morgan fingerprint density at radius 3 is 2.88 bits per heavy atom. The van der Waals surface area contributed by atoms with Crippen LogP contribution in [0.5, 0.6) is 0 Å². The summed E-state index contributed by atoms with van der Waals surface area (Å²) >= 11 is 0. The van der Waals surface area contributed by atoms with Gasteiger partial charge in [-0.15, -0.1) is 0 Å². The van der Waals surface area contributed by atoms with Crippen LogP contribution in [0.15, 0.2) is 23.3 Å². The van der Waals surface area contributed by atoms with E-state index in [1.807, 2.05) is 0 Å². The van der Waals surface area contributed by atoms with E-state index in [4.69, 9.17) is 4.74 Å². The van der Waals surface area contributed by atoms with Crippen molar-refractivity contribution in [2.24, 2.45) is 5.92 Å². The first-order valence-corrected chi connectivity index (χ1v) is 6.17. The highest BCUT2D eigenvalue weighted by Gasteiger charge is 2.32. The molecule has 0 bridgehead atoms. The summed E-state index contributed by atoms with van der Waals surface area (Å²) in [6, 6.07) is 0. The van der Waals surface area contributed by atoms with Crippen molar-refractivity contribution < 1.29 is 9.53 Å². The van der Waals surface area contributed by atoms with Crippen molar-refractivity contribution in [1.29, 1.82) is 0 Å². The van der Waals surface area contributed by atoms with E-state index in [1.54, 1.807) is 0 Å². The molecular formula is C14H20O2. The Hall–Kier alpha value is -1.05. The molecule has 2 rings (SSSR count). The third-order valence-corrected chi connectivity index (χ3v) is 3.55. The summed E-state index contributed by atoms with van der Waals surface area (Å²) in [7, 11) is 0. The topological polar surface area (TPSA) is 26.3 Å². The fourth-order valence-corrected chi connectivity index (χ4v) is 2.49. The largest absolute Gasteiger partial charge is 0.458 e. The van der Waals surface area contributed by atoms with Crippen LogP contribution < -0.4 is 0 Å². The van der Waals surface area contributed by atoms with E-state index >= 15 is 0 Å². The predicted octanol–water partition coefficient (Wildman–Crippen LogP) is 3.38. The zero-order valence-corrected chi connectivity index (χ0v) is 10.2. The lowest BCUT2D eigenvalue weighted by Gasteiger charge is -2.16. The third kappa shape index (κ3) is 2.75. The molecule has 88 valence electrons. The number of ether oxygens (including phenoxy) is 1. The number of carbonyl (C=O) groups is 1. The molecule has 0 spiro atoms. The second-order valence-corrected chi connectivity index (χ2v) is 5.06. The smallest absolute Gasteiger partial charge is 0.306 e. The van der Waals surface area contributed by atoms with Gasteiger partial charge < -0.3 is 4.74 Å². The van der Waals surface area contributed by atoms with Crippen LogP contribution in [0, 0.1) is 5.92 Å². The van der Waals surface area contributed by atoms with Gasteiger partial charge in [0.15, 0.2) is 0 Å². The van der Waals surface area contributed by atoms with Crippen LogP contribution in [0.3, 0.4) is 0 Å². The van der Waals surface area contributed by atoms with Crippen LogP contribution in [-0.2, 0) is 9.53 Å². The number of hydrogen-bond donors (Lipinski definition) is 0. The van der Waals surface area contributed by atoms with E-state index in [-0.39, 0.29) is 12.1 Å². The molecule has 0 aromatic heterocycles. The number of hydrogen-bond acceptors (Lipinski definition) is 2. The van der Waals surface area contributed by atoms with Gasteiger partial charge in [-0.05, 0) is 45.6 Å². The first kappa shape index (κ1) is 11.4. The fraction of sp³-hybridized carbons (Fsp3) is 0.643. The van der Waals surface area contributed by atoms with Gasteiger partial charge >= 0.3 is 5.97 Å². The van der Waals surface area contributed by atoms with Crippen molar-refractivity contribution in [1.82, 2.24) is 0 Å². The van der Waals surface area contributed by atoms with Crippen LogP contribution in [0.2, 0.25) is 0 Å². The minimum atomic E-state index is -0.0278. The van der Waals surface area contributed by atoms with E-state index in [9.17, 15) is 4.79 Å². The molecule has 1 aliphatic heterocycles. The summed E-state index contributed by atoms with van der Waals surface area (Å²) in [5, 5.41) is 0. The van der Waals surface area contributed by atoms with E-state index in [0.29, 0.717) is 12.3 Å². The lowest BCUT2D eigenvalue weighted by molar-refractivity contribution is -0.140. The number of allylic oxidation sites excluding steroid dienone is 3. The monoisotopic (exact) mass is 220 g/mol. The van der Waals surface area contributed by atoms with Gasteiger partial charge in [-0.2, -0.15) is 0 Å². The van der Waals surface area contributed by atoms with E-state index in [1.165, 1.54) is 11.1 Å². The molecule has 0 aromatic rings. The van der Waals surface area contributed by atoms with Gasteiger partial charge in [-0.3, -0.25) is 4.79 Å². The van der Waals surface area contributed by atoms with Gasteiger partial charge in [0.1, 0.15) is 6.10 Å². The molecule has 1 aliphatic carbocycles. The minimum absolute atomic E-state index is 0.0278. The molecule has 0 saturated carbocycles. The van der Waals surface area contributed by atoms with Gasteiger partial charge in [-0.1, -0.05) is 17.2 Å². The molecule has 0 unspecified atom stereocenters. The second-order valence-electron chi connectivity index (χ2n) is 5.06. The Bertz CT molecular complexity index is 339. The summed E-state index contributed by atoms with van der Waals surface area (Å²) in [5.74, 6) is 0.365. The maximum absolute atomic E-state index is 11.3. The maximum Gasteiger partial charge on any atom is 0.306 e. The summed E-state index contributed by atoms with van der Waals surface area (Å²) in [6.07, 6.45) is 9.49. The Morgan fingerprint density at radius 2 is 2.06 bits per heavy atom. The Kier molecular flexibility index (Phi) is 3.47. The molecule has 2 nitrogen and oxygen atoms in total. The second kappa shape index (κ2) is 4.86. The van der Waals surface area contributed by atoms with Crippen molar-refractivity contribution in [2.45, 2.75) is 52.1 Å². The van der Waals surface area contributed by atoms with E-state index < -0.39 is 0 Å². The molecule has 0 aromatic carbocycles. The highest BCUT2D eigenvalue weighted by Crippen LogP contribution is 2.30. The third-order valence-electron chi connectivity index (χ3n) is 3.55. The van der Waals surface area contributed by atoms with Crippen LogP contribution in [0.25, 0.3) is 0 Å². The van der Waals surface area contributed by atoms with Crippen molar-refractivity contribution in [3.05, 3.63) is 23.3 Å². The normalized spacial score (nSPS) is 31.2. The Balaban J connectivity index is 2.14. The highest BCUT2D eigenvalue weighted by atomic mass is 16.5. The lowest BCUT2D eigenvalue weighted by atomic mass is 9.90. The van der Waals surface area contributed by atoms with E-state index in [0.717, 1.165) is 25.7 Å². The van der Waals surface area contributed by atoms with Crippen LogP contribution in [0.4, 0.5) is 0 Å². The number of fused-ring (bicyclic) bond motifs is 1. The average Bonchev–Trinajstić information content (AvgIpc) is 2.55. The maximum atomic E-state index is 11.3. The number of esters is 1. The van der Waals surface area contributed by atoms with Crippen molar-refractivity contribution in [3.8, 4) is 0 Å². The highest BCUT2D eigenvalue weighted by molar-refractivity contribution is 5.72. The number of rotatable bonds is 0. The van der Waals surface area contributed by atoms with Gasteiger partial charge in [-0.25, -0.2) is 0 Å². The SMILES string of the molecule is CC1=C[C@H]2OC(=O)C[C@@H]2CCC(C)=CCC1. The molecule has 0 radical (unpaired) electrons. The van der Waals surface area contributed by atoms with Gasteiger partial charge in [0.2, 0.25) is 0 Å². The number of carbonyl (C=O) groups excluding carboxylic acids is 1. The minimum Gasteiger partial charge on any atom is -0.458 e. The average molecular weight is 220 g/mol. The standard InChI is InChI=1S/C14H20O2/c1-10-4-3-5-11(2)8-13-12(7-6-10)9-14(15)16-13/h4,8,12-13H,3,5-7,9H2,1-2H3/t12-,13+/m0/s1. The molecule has 2 aliphatic rings. The Labute approximate surface area is 97.4 Å². The van der Waals surface area contributed by atoms with E-state index in [2.05, 4.69) is 26.0 Å². The molecule has 16 heavy (non-hydrogen) atoms. The molecule has 2 atom stereocenters. The summed E-state index contributed by atoms with van der Waals surface area (Å²) in [4.78, 5) is 11.3. The summed E-state index contributed by atoms with van der Waals surface area (Å²) < 4.78 is 5.37. The lowest BCUT2D eigenvalue weighted by Crippen LogP contribution is -2.14. The zero-order chi connectivity index (χ0) is 11.5. The summed E-state index contributed by atoms with van der Waals surface area (Å²) in [6.45, 7) is 4.32. The quantitative estimate of drug-likeness (QED) is 0.462. The Morgan fingerprint density at radius 1 is 1.25 bits per heavy atom. The summed E-state index contributed by atoms with van der Waals surface area (Å²) in [5.41, 5.74) is 2.79. The first-order valence-electron chi connectivity index (χ1n) is 6.17. The molecule has 2 heteroatoms. The van der Waals surface area contributed by atoms with Crippen LogP contribution >= 0.6 is 0 Å². The van der Waals surface area contributed by atoms with Crippen molar-refractivity contribution >= 4 is 5.97 Å².